The van der Waals surface area contributed by atoms with Crippen molar-refractivity contribution in [2.75, 3.05) is 13.7 Å². The molecule has 0 aliphatic rings. The van der Waals surface area contributed by atoms with Crippen LogP contribution in [0.1, 0.15) is 22.8 Å². The molecule has 0 aliphatic heterocycles. The van der Waals surface area contributed by atoms with Gasteiger partial charge in [-0.1, -0.05) is 18.2 Å². The molecule has 0 heterocycles. The molecule has 4 nitrogen and oxygen atoms in total. The first-order valence-corrected chi connectivity index (χ1v) is 7.40. The highest BCUT2D eigenvalue weighted by molar-refractivity contribution is 5.94. The fraction of sp³-hybridized carbons (Fsp3) is 0.278. The van der Waals surface area contributed by atoms with Gasteiger partial charge in [0.05, 0.1) is 12.7 Å². The molecule has 2 aromatic rings. The second kappa shape index (κ2) is 7.40. The Kier molecular flexibility index (Phi) is 5.51. The van der Waals surface area contributed by atoms with Crippen molar-refractivity contribution in [3.63, 3.8) is 0 Å². The maximum Gasteiger partial charge on any atom is 0.257 e. The molecule has 0 fully saturated rings. The molecule has 1 atom stereocenters. The fourth-order valence-corrected chi connectivity index (χ4v) is 2.32. The number of hydrogen-bond acceptors (Lipinski definition) is 3. The van der Waals surface area contributed by atoms with E-state index < -0.39 is 28.7 Å². The summed E-state index contributed by atoms with van der Waals surface area (Å²) in [5.74, 6) is -2.09. The molecular weight excluding hydrogens is 316 g/mol. The summed E-state index contributed by atoms with van der Waals surface area (Å²) in [6.45, 7) is 1.39. The van der Waals surface area contributed by atoms with Crippen LogP contribution in [0.5, 0.6) is 5.75 Å². The van der Waals surface area contributed by atoms with Gasteiger partial charge < -0.3 is 15.2 Å². The monoisotopic (exact) mass is 335 g/mol. The van der Waals surface area contributed by atoms with Crippen molar-refractivity contribution in [1.29, 1.82) is 0 Å². The zero-order chi connectivity index (χ0) is 17.7. The molecule has 0 aromatic heterocycles. The number of halogens is 2. The molecule has 1 unspecified atom stereocenters. The maximum absolute atomic E-state index is 13.6. The van der Waals surface area contributed by atoms with Gasteiger partial charge in [0.25, 0.3) is 5.91 Å². The Morgan fingerprint density at radius 1 is 1.17 bits per heavy atom. The molecule has 128 valence electrons. The predicted molar refractivity (Wildman–Crippen MR) is 86.0 cm³/mol. The summed E-state index contributed by atoms with van der Waals surface area (Å²) in [6.07, 6.45) is 0.261. The topological polar surface area (TPSA) is 58.6 Å². The lowest BCUT2D eigenvalue weighted by atomic mass is 9.96. The first kappa shape index (κ1) is 17.9. The number of nitrogens with one attached hydrogen (secondary N) is 1. The zero-order valence-corrected chi connectivity index (χ0v) is 13.5. The first-order valence-electron chi connectivity index (χ1n) is 7.40. The lowest BCUT2D eigenvalue weighted by Crippen LogP contribution is -2.42. The molecule has 2 aromatic carbocycles. The number of rotatable bonds is 6. The molecule has 2 rings (SSSR count). The van der Waals surface area contributed by atoms with Gasteiger partial charge in [0.15, 0.2) is 0 Å². The van der Waals surface area contributed by atoms with Crippen molar-refractivity contribution in [3.05, 3.63) is 65.2 Å². The molecule has 0 bridgehead atoms. The van der Waals surface area contributed by atoms with Gasteiger partial charge in [-0.2, -0.15) is 0 Å². The van der Waals surface area contributed by atoms with Crippen LogP contribution in [0.3, 0.4) is 0 Å². The highest BCUT2D eigenvalue weighted by atomic mass is 19.1. The Hall–Kier alpha value is -2.47. The van der Waals surface area contributed by atoms with Crippen LogP contribution in [0.2, 0.25) is 0 Å². The summed E-state index contributed by atoms with van der Waals surface area (Å²) in [5, 5.41) is 12.8. The van der Waals surface area contributed by atoms with E-state index in [-0.39, 0.29) is 13.0 Å². The Bertz CT molecular complexity index is 694. The van der Waals surface area contributed by atoms with E-state index in [9.17, 15) is 18.7 Å². The van der Waals surface area contributed by atoms with Crippen LogP contribution >= 0.6 is 0 Å². The van der Waals surface area contributed by atoms with Crippen LogP contribution in [0.15, 0.2) is 42.5 Å². The molecule has 6 heteroatoms. The molecule has 0 spiro atoms. The van der Waals surface area contributed by atoms with E-state index in [0.29, 0.717) is 5.75 Å². The van der Waals surface area contributed by atoms with Crippen molar-refractivity contribution >= 4 is 5.91 Å². The largest absolute Gasteiger partial charge is 0.497 e. The van der Waals surface area contributed by atoms with Crippen molar-refractivity contribution in [1.82, 2.24) is 5.32 Å². The van der Waals surface area contributed by atoms with Gasteiger partial charge in [0.1, 0.15) is 22.9 Å². The second-order valence-electron chi connectivity index (χ2n) is 5.80. The quantitative estimate of drug-likeness (QED) is 0.853. The minimum Gasteiger partial charge on any atom is -0.497 e. The Morgan fingerprint density at radius 2 is 1.75 bits per heavy atom. The van der Waals surface area contributed by atoms with E-state index in [1.807, 2.05) is 0 Å². The number of hydrogen-bond donors (Lipinski definition) is 2. The molecule has 0 saturated carbocycles. The lowest BCUT2D eigenvalue weighted by molar-refractivity contribution is 0.0550. The summed E-state index contributed by atoms with van der Waals surface area (Å²) >= 11 is 0. The third-order valence-corrected chi connectivity index (χ3v) is 3.56. The van der Waals surface area contributed by atoms with Gasteiger partial charge in [-0.15, -0.1) is 0 Å². The minimum atomic E-state index is -1.27. The Labute approximate surface area is 139 Å². The van der Waals surface area contributed by atoms with E-state index in [1.165, 1.54) is 13.0 Å². The minimum absolute atomic E-state index is 0.147. The molecular formula is C18H19F2NO3. The first-order chi connectivity index (χ1) is 11.3. The van der Waals surface area contributed by atoms with Crippen LogP contribution in [0, 0.1) is 11.6 Å². The standard InChI is InChI=1S/C18H19F2NO3/c1-18(23,10-12-6-8-13(24-2)9-7-12)11-21-17(22)16-14(19)4-3-5-15(16)20/h3-9,23H,10-11H2,1-2H3,(H,21,22). The molecule has 24 heavy (non-hydrogen) atoms. The zero-order valence-electron chi connectivity index (χ0n) is 13.5. The van der Waals surface area contributed by atoms with Crippen LogP contribution < -0.4 is 10.1 Å². The summed E-state index contributed by atoms with van der Waals surface area (Å²) in [5.41, 5.74) is -1.09. The van der Waals surface area contributed by atoms with E-state index in [1.54, 1.807) is 31.4 Å². The molecule has 0 aliphatic carbocycles. The highest BCUT2D eigenvalue weighted by Gasteiger charge is 2.24. The highest BCUT2D eigenvalue weighted by Crippen LogP contribution is 2.17. The van der Waals surface area contributed by atoms with Crippen LogP contribution in [-0.4, -0.2) is 30.3 Å². The fourth-order valence-electron chi connectivity index (χ4n) is 2.32. The van der Waals surface area contributed by atoms with Crippen LogP contribution in [0.4, 0.5) is 8.78 Å². The van der Waals surface area contributed by atoms with Crippen molar-refractivity contribution in [2.45, 2.75) is 18.9 Å². The van der Waals surface area contributed by atoms with Crippen LogP contribution in [0.25, 0.3) is 0 Å². The maximum atomic E-state index is 13.6. The van der Waals surface area contributed by atoms with E-state index in [2.05, 4.69) is 5.32 Å². The molecule has 0 radical (unpaired) electrons. The van der Waals surface area contributed by atoms with Gasteiger partial charge in [-0.25, -0.2) is 8.78 Å². The van der Waals surface area contributed by atoms with Gasteiger partial charge in [0, 0.05) is 13.0 Å². The summed E-state index contributed by atoms with van der Waals surface area (Å²) in [4.78, 5) is 12.0. The third-order valence-electron chi connectivity index (χ3n) is 3.56. The summed E-state index contributed by atoms with van der Waals surface area (Å²) in [6, 6.07) is 10.3. The number of amides is 1. The smallest absolute Gasteiger partial charge is 0.257 e. The summed E-state index contributed by atoms with van der Waals surface area (Å²) < 4.78 is 32.2. The van der Waals surface area contributed by atoms with Crippen molar-refractivity contribution < 1.29 is 23.4 Å². The lowest BCUT2D eigenvalue weighted by Gasteiger charge is -2.24. The third kappa shape index (κ3) is 4.52. The predicted octanol–water partition coefficient (Wildman–Crippen LogP) is 2.70. The van der Waals surface area contributed by atoms with E-state index in [0.717, 1.165) is 17.7 Å². The van der Waals surface area contributed by atoms with Gasteiger partial charge >= 0.3 is 0 Å². The van der Waals surface area contributed by atoms with E-state index in [4.69, 9.17) is 4.74 Å². The number of benzene rings is 2. The van der Waals surface area contributed by atoms with Crippen LogP contribution in [-0.2, 0) is 6.42 Å². The average Bonchev–Trinajstić information content (AvgIpc) is 2.53. The van der Waals surface area contributed by atoms with E-state index >= 15 is 0 Å². The number of methoxy groups -OCH3 is 1. The van der Waals surface area contributed by atoms with Crippen molar-refractivity contribution in [3.8, 4) is 5.75 Å². The second-order valence-corrected chi connectivity index (χ2v) is 5.80. The van der Waals surface area contributed by atoms with Gasteiger partial charge in [0.2, 0.25) is 0 Å². The molecule has 0 saturated heterocycles. The van der Waals surface area contributed by atoms with Gasteiger partial charge in [-0.05, 0) is 36.8 Å². The number of carbonyl (C=O) groups excluding carboxylic acids is 1. The number of aliphatic hydroxyl groups is 1. The Morgan fingerprint density at radius 3 is 2.29 bits per heavy atom. The summed E-state index contributed by atoms with van der Waals surface area (Å²) in [7, 11) is 1.56. The van der Waals surface area contributed by atoms with Gasteiger partial charge in [-0.3, -0.25) is 4.79 Å². The normalized spacial score (nSPS) is 13.2. The Balaban J connectivity index is 1.99. The SMILES string of the molecule is COc1ccc(CC(C)(O)CNC(=O)c2c(F)cccc2F)cc1. The number of ether oxygens (including phenoxy) is 1. The average molecular weight is 335 g/mol. The molecule has 2 N–H and O–H groups in total. The van der Waals surface area contributed by atoms with Crippen molar-refractivity contribution in [2.24, 2.45) is 0 Å². The molecule has 1 amide bonds. The number of carbonyl (C=O) groups is 1.